The summed E-state index contributed by atoms with van der Waals surface area (Å²) in [7, 11) is 2.84. The summed E-state index contributed by atoms with van der Waals surface area (Å²) in [6, 6.07) is 0. The summed E-state index contributed by atoms with van der Waals surface area (Å²) in [4.78, 5) is 11.8. The fourth-order valence-electron chi connectivity index (χ4n) is 1.72. The summed E-state index contributed by atoms with van der Waals surface area (Å²) < 4.78 is 10.4. The lowest BCUT2D eigenvalue weighted by Crippen LogP contribution is -2.41. The van der Waals surface area contributed by atoms with E-state index in [-0.39, 0.29) is 15.8 Å². The summed E-state index contributed by atoms with van der Waals surface area (Å²) in [5, 5.41) is 0.0817. The van der Waals surface area contributed by atoms with Crippen LogP contribution in [-0.4, -0.2) is 25.8 Å². The summed E-state index contributed by atoms with van der Waals surface area (Å²) in [6.45, 7) is 3.57. The molecule has 0 saturated heterocycles. The number of allylic oxidation sites excluding steroid dienone is 2. The molecule has 1 unspecified atom stereocenters. The highest BCUT2D eigenvalue weighted by molar-refractivity contribution is 6.50. The number of hydrogen-bond acceptors (Lipinski definition) is 3. The van der Waals surface area contributed by atoms with E-state index in [0.29, 0.717) is 6.42 Å². The van der Waals surface area contributed by atoms with Gasteiger partial charge in [0.05, 0.1) is 5.92 Å². The van der Waals surface area contributed by atoms with Crippen molar-refractivity contribution >= 4 is 29.0 Å². The summed E-state index contributed by atoms with van der Waals surface area (Å²) in [5.41, 5.74) is 0. The SMILES string of the molecule is C=CCC1C(=O)C(Cl)=C(Cl)C1(OC)OC. The van der Waals surface area contributed by atoms with Crippen molar-refractivity contribution in [1.29, 1.82) is 0 Å². The standard InChI is InChI=1S/C10H12Cl2O3/c1-4-5-6-8(13)7(11)9(12)10(6,14-2)15-3/h4,6H,1,5H2,2-3H3. The van der Waals surface area contributed by atoms with E-state index in [9.17, 15) is 4.79 Å². The first-order valence-corrected chi connectivity index (χ1v) is 5.11. The van der Waals surface area contributed by atoms with Gasteiger partial charge in [0.25, 0.3) is 0 Å². The third kappa shape index (κ3) is 1.74. The van der Waals surface area contributed by atoms with Crippen LogP contribution in [0.5, 0.6) is 0 Å². The van der Waals surface area contributed by atoms with Gasteiger partial charge in [-0.25, -0.2) is 0 Å². The molecule has 84 valence electrons. The zero-order valence-electron chi connectivity index (χ0n) is 8.55. The van der Waals surface area contributed by atoms with Gasteiger partial charge in [0.2, 0.25) is 5.79 Å². The first-order valence-electron chi connectivity index (χ1n) is 4.36. The van der Waals surface area contributed by atoms with Crippen LogP contribution < -0.4 is 0 Å². The number of ether oxygens (including phenoxy) is 2. The van der Waals surface area contributed by atoms with Gasteiger partial charge in [-0.3, -0.25) is 4.79 Å². The van der Waals surface area contributed by atoms with Crippen molar-refractivity contribution in [2.75, 3.05) is 14.2 Å². The summed E-state index contributed by atoms with van der Waals surface area (Å²) in [6.07, 6.45) is 2.00. The largest absolute Gasteiger partial charge is 0.348 e. The minimum Gasteiger partial charge on any atom is -0.348 e. The molecule has 0 saturated carbocycles. The van der Waals surface area contributed by atoms with Crippen LogP contribution in [0.4, 0.5) is 0 Å². The molecule has 0 aromatic rings. The van der Waals surface area contributed by atoms with Gasteiger partial charge in [0, 0.05) is 14.2 Å². The molecule has 0 aromatic heterocycles. The molecule has 0 spiro atoms. The van der Waals surface area contributed by atoms with Crippen molar-refractivity contribution in [2.45, 2.75) is 12.2 Å². The number of carbonyl (C=O) groups excluding carboxylic acids is 1. The molecular formula is C10H12Cl2O3. The maximum Gasteiger partial charge on any atom is 0.217 e. The molecular weight excluding hydrogens is 239 g/mol. The van der Waals surface area contributed by atoms with Gasteiger partial charge in [0.15, 0.2) is 5.78 Å². The Hall–Kier alpha value is -0.350. The van der Waals surface area contributed by atoms with E-state index in [1.54, 1.807) is 6.08 Å². The lowest BCUT2D eigenvalue weighted by atomic mass is 9.96. The number of Topliss-reactive ketones (excluding diaryl/α,β-unsaturated/α-hetero) is 1. The molecule has 0 radical (unpaired) electrons. The van der Waals surface area contributed by atoms with Crippen LogP contribution in [0, 0.1) is 5.92 Å². The average Bonchev–Trinajstić information content (AvgIpc) is 2.43. The normalized spacial score (nSPS) is 24.8. The molecule has 0 aliphatic heterocycles. The predicted octanol–water partition coefficient (Wildman–Crippen LogP) is 2.44. The van der Waals surface area contributed by atoms with Gasteiger partial charge >= 0.3 is 0 Å². The molecule has 0 bridgehead atoms. The number of methoxy groups -OCH3 is 2. The molecule has 1 atom stereocenters. The smallest absolute Gasteiger partial charge is 0.217 e. The fourth-order valence-corrected chi connectivity index (χ4v) is 2.36. The predicted molar refractivity (Wildman–Crippen MR) is 58.8 cm³/mol. The Morgan fingerprint density at radius 3 is 2.40 bits per heavy atom. The highest BCUT2D eigenvalue weighted by Crippen LogP contribution is 2.46. The van der Waals surface area contributed by atoms with Crippen LogP contribution in [0.1, 0.15) is 6.42 Å². The van der Waals surface area contributed by atoms with Crippen LogP contribution in [0.2, 0.25) is 0 Å². The Morgan fingerprint density at radius 1 is 1.47 bits per heavy atom. The molecule has 1 aliphatic rings. The first kappa shape index (κ1) is 12.7. The highest BCUT2D eigenvalue weighted by Gasteiger charge is 2.54. The van der Waals surface area contributed by atoms with Gasteiger partial charge in [-0.2, -0.15) is 0 Å². The third-order valence-corrected chi connectivity index (χ3v) is 3.42. The van der Waals surface area contributed by atoms with Crippen molar-refractivity contribution in [3.63, 3.8) is 0 Å². The van der Waals surface area contributed by atoms with Crippen LogP contribution >= 0.6 is 23.2 Å². The van der Waals surface area contributed by atoms with Crippen LogP contribution in [-0.2, 0) is 14.3 Å². The minimum absolute atomic E-state index is 0.0211. The monoisotopic (exact) mass is 250 g/mol. The van der Waals surface area contributed by atoms with Crippen molar-refractivity contribution in [3.05, 3.63) is 22.7 Å². The van der Waals surface area contributed by atoms with E-state index in [2.05, 4.69) is 6.58 Å². The van der Waals surface area contributed by atoms with Crippen molar-refractivity contribution in [3.8, 4) is 0 Å². The van der Waals surface area contributed by atoms with Crippen molar-refractivity contribution < 1.29 is 14.3 Å². The van der Waals surface area contributed by atoms with Gasteiger partial charge in [0.1, 0.15) is 10.1 Å². The number of ketones is 1. The number of halogens is 2. The molecule has 1 aliphatic carbocycles. The zero-order chi connectivity index (χ0) is 11.6. The second-order valence-electron chi connectivity index (χ2n) is 3.14. The van der Waals surface area contributed by atoms with E-state index in [1.165, 1.54) is 14.2 Å². The fraction of sp³-hybridized carbons (Fsp3) is 0.500. The maximum absolute atomic E-state index is 11.8. The van der Waals surface area contributed by atoms with Gasteiger partial charge in [-0.15, -0.1) is 6.58 Å². The molecule has 0 amide bonds. The second-order valence-corrected chi connectivity index (χ2v) is 3.90. The van der Waals surface area contributed by atoms with Crippen molar-refractivity contribution in [1.82, 2.24) is 0 Å². The molecule has 0 aromatic carbocycles. The topological polar surface area (TPSA) is 35.5 Å². The van der Waals surface area contributed by atoms with E-state index in [0.717, 1.165) is 0 Å². The minimum atomic E-state index is -1.26. The van der Waals surface area contributed by atoms with Gasteiger partial charge in [-0.1, -0.05) is 29.3 Å². The van der Waals surface area contributed by atoms with E-state index < -0.39 is 11.7 Å². The van der Waals surface area contributed by atoms with E-state index in [1.807, 2.05) is 0 Å². The number of rotatable bonds is 4. The Bertz CT molecular complexity index is 319. The summed E-state index contributed by atoms with van der Waals surface area (Å²) in [5.74, 6) is -2.10. The van der Waals surface area contributed by atoms with Crippen molar-refractivity contribution in [2.24, 2.45) is 5.92 Å². The number of carbonyl (C=O) groups is 1. The number of hydrogen-bond donors (Lipinski definition) is 0. The summed E-state index contributed by atoms with van der Waals surface area (Å²) >= 11 is 11.7. The third-order valence-electron chi connectivity index (χ3n) is 2.50. The lowest BCUT2D eigenvalue weighted by Gasteiger charge is -2.31. The molecule has 0 fully saturated rings. The Morgan fingerprint density at radius 2 is 2.00 bits per heavy atom. The molecule has 0 heterocycles. The van der Waals surface area contributed by atoms with Gasteiger partial charge < -0.3 is 9.47 Å². The molecule has 1 rings (SSSR count). The molecule has 0 N–H and O–H groups in total. The van der Waals surface area contributed by atoms with Crippen LogP contribution in [0.25, 0.3) is 0 Å². The Balaban J connectivity index is 3.19. The average molecular weight is 251 g/mol. The zero-order valence-corrected chi connectivity index (χ0v) is 10.1. The van der Waals surface area contributed by atoms with Crippen LogP contribution in [0.3, 0.4) is 0 Å². The Kier molecular flexibility index (Phi) is 3.95. The molecule has 3 nitrogen and oxygen atoms in total. The van der Waals surface area contributed by atoms with Crippen LogP contribution in [0.15, 0.2) is 22.7 Å². The highest BCUT2D eigenvalue weighted by atomic mass is 35.5. The Labute approximate surface area is 98.6 Å². The maximum atomic E-state index is 11.8. The molecule has 15 heavy (non-hydrogen) atoms. The lowest BCUT2D eigenvalue weighted by molar-refractivity contribution is -0.200. The quantitative estimate of drug-likeness (QED) is 0.568. The van der Waals surface area contributed by atoms with E-state index >= 15 is 0 Å². The molecule has 5 heteroatoms. The van der Waals surface area contributed by atoms with E-state index in [4.69, 9.17) is 32.7 Å². The second kappa shape index (κ2) is 4.66. The van der Waals surface area contributed by atoms with Gasteiger partial charge in [-0.05, 0) is 6.42 Å². The first-order chi connectivity index (χ1) is 7.05.